The van der Waals surface area contributed by atoms with Gasteiger partial charge in [-0.15, -0.1) is 0 Å². The van der Waals surface area contributed by atoms with Crippen molar-refractivity contribution >= 4 is 58.3 Å². The summed E-state index contributed by atoms with van der Waals surface area (Å²) in [6, 6.07) is 0. The summed E-state index contributed by atoms with van der Waals surface area (Å²) in [5.41, 5.74) is 0. The van der Waals surface area contributed by atoms with E-state index in [1.54, 1.807) is 0 Å². The molecule has 4 nitrogen and oxygen atoms in total. The van der Waals surface area contributed by atoms with E-state index in [0.29, 0.717) is 0 Å². The first-order valence-electron chi connectivity index (χ1n) is 2.27. The van der Waals surface area contributed by atoms with Gasteiger partial charge in [-0.1, -0.05) is 46.4 Å². The largest absolute Gasteiger partial charge is 2.00 e. The van der Waals surface area contributed by atoms with E-state index in [2.05, 4.69) is 0 Å². The molecule has 0 spiro atoms. The van der Waals surface area contributed by atoms with E-state index >= 15 is 0 Å². The van der Waals surface area contributed by atoms with Crippen LogP contribution >= 0.6 is 46.4 Å². The van der Waals surface area contributed by atoms with Gasteiger partial charge in [0.2, 0.25) is 0 Å². The molecule has 0 bridgehead atoms. The molecule has 9 heteroatoms. The second kappa shape index (κ2) is 10.8. The topological polar surface area (TPSA) is 80.3 Å². The minimum Gasteiger partial charge on any atom is -0.547 e. The fraction of sp³-hybridized carbons (Fsp3) is 0.500. The number of alkyl halides is 4. The zero-order valence-electron chi connectivity index (χ0n) is 6.01. The maximum atomic E-state index is 9.32. The SMILES string of the molecule is O=C([O-])C(Cl)Cl.O=C([O-])C(Cl)Cl.[Zn+2]. The van der Waals surface area contributed by atoms with Crippen molar-refractivity contribution in [3.63, 3.8) is 0 Å². The standard InChI is InChI=1S/2C2H2Cl2O2.Zn/c2*3-1(4)2(5)6;/h2*1H,(H,5,6);/q;;+2/p-2. The third-order valence-electron chi connectivity index (χ3n) is 0.356. The summed E-state index contributed by atoms with van der Waals surface area (Å²) in [6.45, 7) is 0. The quantitative estimate of drug-likeness (QED) is 0.486. The van der Waals surface area contributed by atoms with Crippen LogP contribution < -0.4 is 10.2 Å². The van der Waals surface area contributed by atoms with Gasteiger partial charge in [-0.05, 0) is 0 Å². The van der Waals surface area contributed by atoms with Gasteiger partial charge in [-0.3, -0.25) is 0 Å². The average Bonchev–Trinajstić information content (AvgIpc) is 1.88. The van der Waals surface area contributed by atoms with Crippen molar-refractivity contribution in [2.24, 2.45) is 0 Å². The second-order valence-corrected chi connectivity index (χ2v) is 3.43. The molecule has 0 atom stereocenters. The molecular weight excluding hydrogens is 319 g/mol. The number of carboxylic acid groups (broad SMARTS) is 2. The summed E-state index contributed by atoms with van der Waals surface area (Å²) in [6.07, 6.45) is 0. The van der Waals surface area contributed by atoms with E-state index in [1.807, 2.05) is 0 Å². The number of carbonyl (C=O) groups excluding carboxylic acids is 2. The smallest absolute Gasteiger partial charge is 0.547 e. The Morgan fingerprint density at radius 3 is 0.923 bits per heavy atom. The van der Waals surface area contributed by atoms with E-state index in [9.17, 15) is 19.8 Å². The molecule has 0 heterocycles. The van der Waals surface area contributed by atoms with Crippen LogP contribution in [0.1, 0.15) is 0 Å². The fourth-order valence-corrected chi connectivity index (χ4v) is 0. The first-order valence-corrected chi connectivity index (χ1v) is 4.01. The Hall–Kier alpha value is 0.723. The van der Waals surface area contributed by atoms with E-state index < -0.39 is 21.6 Å². The van der Waals surface area contributed by atoms with Crippen molar-refractivity contribution in [3.05, 3.63) is 0 Å². The number of carboxylic acids is 2. The van der Waals surface area contributed by atoms with Crippen LogP contribution in [-0.4, -0.2) is 21.6 Å². The maximum absolute atomic E-state index is 9.32. The Balaban J connectivity index is -0.000000143. The molecule has 0 rings (SSSR count). The van der Waals surface area contributed by atoms with Crippen molar-refractivity contribution in [1.82, 2.24) is 0 Å². The number of hydrogen-bond donors (Lipinski definition) is 0. The summed E-state index contributed by atoms with van der Waals surface area (Å²) in [5.74, 6) is -2.92. The van der Waals surface area contributed by atoms with E-state index in [0.717, 1.165) is 0 Å². The van der Waals surface area contributed by atoms with Gasteiger partial charge in [-0.25, -0.2) is 0 Å². The molecule has 0 fully saturated rings. The molecule has 0 amide bonds. The number of halogens is 4. The first-order chi connectivity index (χ1) is 5.29. The Labute approximate surface area is 107 Å². The molecule has 0 aromatic rings. The van der Waals surface area contributed by atoms with E-state index in [1.165, 1.54) is 0 Å². The van der Waals surface area contributed by atoms with Gasteiger partial charge in [-0.2, -0.15) is 0 Å². The van der Waals surface area contributed by atoms with Crippen LogP contribution in [0.3, 0.4) is 0 Å². The van der Waals surface area contributed by atoms with Gasteiger partial charge in [0.05, 0.1) is 11.9 Å². The molecule has 0 saturated heterocycles. The van der Waals surface area contributed by atoms with E-state index in [4.69, 9.17) is 46.4 Å². The number of aliphatic carboxylic acids is 2. The molecule has 0 aromatic carbocycles. The van der Waals surface area contributed by atoms with Crippen molar-refractivity contribution < 1.29 is 39.3 Å². The van der Waals surface area contributed by atoms with Crippen LogP contribution in [0.5, 0.6) is 0 Å². The molecular formula is C4H2Cl4O4Zn. The van der Waals surface area contributed by atoms with Gasteiger partial charge < -0.3 is 19.8 Å². The first kappa shape index (κ1) is 19.3. The monoisotopic (exact) mass is 318 g/mol. The predicted octanol–water partition coefficient (Wildman–Crippen LogP) is -0.922. The summed E-state index contributed by atoms with van der Waals surface area (Å²) in [4.78, 5) is 15.9. The number of carbonyl (C=O) groups is 2. The minimum absolute atomic E-state index is 0. The molecule has 0 aliphatic carbocycles. The van der Waals surface area contributed by atoms with Crippen molar-refractivity contribution in [2.45, 2.75) is 9.67 Å². The third-order valence-corrected chi connectivity index (χ3v) is 1.07. The van der Waals surface area contributed by atoms with Crippen LogP contribution in [0.4, 0.5) is 0 Å². The normalized spacial score (nSPS) is 8.46. The van der Waals surface area contributed by atoms with Crippen LogP contribution in [0.2, 0.25) is 0 Å². The molecule has 0 saturated carbocycles. The van der Waals surface area contributed by atoms with Crippen LogP contribution in [0.25, 0.3) is 0 Å². The molecule has 0 unspecified atom stereocenters. The Morgan fingerprint density at radius 2 is 0.923 bits per heavy atom. The average molecular weight is 321 g/mol. The zero-order chi connectivity index (χ0) is 10.3. The van der Waals surface area contributed by atoms with Crippen LogP contribution in [0, 0.1) is 0 Å². The summed E-state index contributed by atoms with van der Waals surface area (Å²) in [5, 5.41) is 18.6. The second-order valence-electron chi connectivity index (χ2n) is 1.24. The molecule has 13 heavy (non-hydrogen) atoms. The minimum atomic E-state index is -1.46. The predicted molar refractivity (Wildman–Crippen MR) is 41.0 cm³/mol. The van der Waals surface area contributed by atoms with Gasteiger partial charge in [0, 0.05) is 0 Å². The van der Waals surface area contributed by atoms with Crippen molar-refractivity contribution in [3.8, 4) is 0 Å². The summed E-state index contributed by atoms with van der Waals surface area (Å²) < 4.78 is 0. The Bertz CT molecular complexity index is 144. The fourth-order valence-electron chi connectivity index (χ4n) is 0. The van der Waals surface area contributed by atoms with E-state index in [-0.39, 0.29) is 19.5 Å². The molecule has 0 radical (unpaired) electrons. The van der Waals surface area contributed by atoms with Gasteiger partial charge in [0.15, 0.2) is 0 Å². The van der Waals surface area contributed by atoms with Gasteiger partial charge >= 0.3 is 19.5 Å². The van der Waals surface area contributed by atoms with Crippen molar-refractivity contribution in [2.75, 3.05) is 0 Å². The van der Waals surface area contributed by atoms with Gasteiger partial charge in [0.25, 0.3) is 0 Å². The molecule has 0 aromatic heterocycles. The summed E-state index contributed by atoms with van der Waals surface area (Å²) in [7, 11) is 0. The summed E-state index contributed by atoms with van der Waals surface area (Å²) >= 11 is 18.9. The Kier molecular flexibility index (Phi) is 16.1. The van der Waals surface area contributed by atoms with Crippen LogP contribution in [-0.2, 0) is 29.1 Å². The van der Waals surface area contributed by atoms with Gasteiger partial charge in [0.1, 0.15) is 9.67 Å². The maximum Gasteiger partial charge on any atom is 2.00 e. The molecule has 0 aliphatic heterocycles. The molecule has 72 valence electrons. The van der Waals surface area contributed by atoms with Crippen molar-refractivity contribution in [1.29, 1.82) is 0 Å². The van der Waals surface area contributed by atoms with Crippen LogP contribution in [0.15, 0.2) is 0 Å². The zero-order valence-corrected chi connectivity index (χ0v) is 12.0. The number of rotatable bonds is 2. The molecule has 0 aliphatic rings. The molecule has 0 N–H and O–H groups in total. The Morgan fingerprint density at radius 1 is 0.846 bits per heavy atom. The third kappa shape index (κ3) is 19.2. The number of hydrogen-bond acceptors (Lipinski definition) is 4.